The summed E-state index contributed by atoms with van der Waals surface area (Å²) in [7, 11) is 7.75. The Kier molecular flexibility index (Phi) is 43.4. The first-order chi connectivity index (χ1) is 25.1. The van der Waals surface area contributed by atoms with Crippen LogP contribution in [0.15, 0.2) is 40.8 Å². The van der Waals surface area contributed by atoms with Crippen molar-refractivity contribution in [1.82, 2.24) is 21.0 Å². The Balaban J connectivity index is -0.000000308. The zero-order valence-corrected chi connectivity index (χ0v) is 32.5. The molecule has 2 amide bonds. The fourth-order valence-corrected chi connectivity index (χ4v) is 3.80. The zero-order chi connectivity index (χ0) is 40.6. The highest BCUT2D eigenvalue weighted by molar-refractivity contribution is 5.79. The number of aliphatic hydroxyl groups is 1. The molecule has 2 aromatic rings. The van der Waals surface area contributed by atoms with Crippen LogP contribution < -0.4 is 16.0 Å². The third-order valence-electron chi connectivity index (χ3n) is 6.76. The number of hydrogen-bond donors (Lipinski definition) is 5. The number of hydrogen-bond acceptors (Lipinski definition) is 13. The standard InChI is InChI=1S/C13H27N3O3.C12H8O3.C5H9NO2.2C3H8O.CH4O/c1-4-6-7-8-11(13(18)15-9-14-3)12(5-2)16(19)10-17;13-7-9-1-3-10(4-2-9)12-6-5-11(8-14)15-12;1-6-5(4-8)2-3-7;2*1-3-4-2;1-2/h10-12,14,19H,4-9H2,1-3H3,(H,15,18);1-8H;3-6H,2H2,1H3;2*3H2,1-2H3;2H,1H3. The van der Waals surface area contributed by atoms with Crippen molar-refractivity contribution in [3.05, 3.63) is 47.7 Å². The molecule has 2 rings (SSSR count). The van der Waals surface area contributed by atoms with Gasteiger partial charge in [-0.1, -0.05) is 57.4 Å². The number of benzene rings is 1. The van der Waals surface area contributed by atoms with Gasteiger partial charge in [0.05, 0.1) is 24.7 Å². The van der Waals surface area contributed by atoms with Crippen molar-refractivity contribution in [2.24, 2.45) is 5.92 Å². The highest BCUT2D eigenvalue weighted by atomic mass is 16.5. The van der Waals surface area contributed by atoms with E-state index >= 15 is 0 Å². The van der Waals surface area contributed by atoms with Gasteiger partial charge < -0.3 is 44.5 Å². The minimum atomic E-state index is -0.466. The molecule has 3 unspecified atom stereocenters. The molecule has 0 saturated carbocycles. The lowest BCUT2D eigenvalue weighted by Gasteiger charge is -2.29. The first-order valence-electron chi connectivity index (χ1n) is 17.1. The van der Waals surface area contributed by atoms with Gasteiger partial charge in [-0.3, -0.25) is 24.4 Å². The quantitative estimate of drug-likeness (QED) is 0.0428. The summed E-state index contributed by atoms with van der Waals surface area (Å²) in [6, 6.07) is 9.51. The molecule has 0 aliphatic carbocycles. The van der Waals surface area contributed by atoms with Crippen molar-refractivity contribution >= 4 is 37.5 Å². The van der Waals surface area contributed by atoms with Crippen LogP contribution in [0.1, 0.15) is 87.1 Å². The van der Waals surface area contributed by atoms with Gasteiger partial charge >= 0.3 is 0 Å². The van der Waals surface area contributed by atoms with Crippen LogP contribution in [0.4, 0.5) is 0 Å². The lowest BCUT2D eigenvalue weighted by Crippen LogP contribution is -2.46. The van der Waals surface area contributed by atoms with Gasteiger partial charge in [-0.25, -0.2) is 5.06 Å². The van der Waals surface area contributed by atoms with E-state index < -0.39 is 6.04 Å². The summed E-state index contributed by atoms with van der Waals surface area (Å²) in [6.45, 7) is 9.89. The van der Waals surface area contributed by atoms with Gasteiger partial charge in [-0.15, -0.1) is 0 Å². The van der Waals surface area contributed by atoms with Crippen molar-refractivity contribution in [2.75, 3.05) is 55.3 Å². The van der Waals surface area contributed by atoms with Crippen molar-refractivity contribution in [2.45, 2.75) is 78.3 Å². The number of likely N-dealkylation sites (N-methyl/N-ethyl adjacent to an activating group) is 1. The molecule has 0 aliphatic rings. The largest absolute Gasteiger partial charge is 0.453 e. The maximum atomic E-state index is 12.1. The minimum absolute atomic E-state index is 0.127. The average Bonchev–Trinajstić information content (AvgIpc) is 3.69. The van der Waals surface area contributed by atoms with Gasteiger partial charge in [0.2, 0.25) is 12.3 Å². The number of furan rings is 1. The fourth-order valence-electron chi connectivity index (χ4n) is 3.80. The molecule has 0 saturated heterocycles. The number of methoxy groups -OCH3 is 2. The fraction of sp³-hybridized carbons (Fsp3) is 0.568. The number of aliphatic hydroxyl groups excluding tert-OH is 1. The van der Waals surface area contributed by atoms with E-state index in [-0.39, 0.29) is 24.3 Å². The maximum absolute atomic E-state index is 12.1. The predicted octanol–water partition coefficient (Wildman–Crippen LogP) is 3.95. The molecule has 0 bridgehead atoms. The molecular weight excluding hydrogens is 676 g/mol. The Morgan fingerprint density at radius 2 is 1.46 bits per heavy atom. The molecule has 0 fully saturated rings. The third kappa shape index (κ3) is 28.6. The van der Waals surface area contributed by atoms with E-state index in [4.69, 9.17) is 9.52 Å². The van der Waals surface area contributed by atoms with Gasteiger partial charge in [0.1, 0.15) is 24.6 Å². The SMILES string of the molecule is CCCCCC(C(=O)NCNC)C(CC)N(O)C=O.CCOC.CCOC.CNC(C=O)CC=O.CO.O=Cc1ccc(-c2ccc(C=O)o2)cc1. The van der Waals surface area contributed by atoms with E-state index in [1.807, 2.05) is 20.8 Å². The van der Waals surface area contributed by atoms with Crippen molar-refractivity contribution in [1.29, 1.82) is 0 Å². The number of nitrogens with zero attached hydrogens (tertiary/aromatic N) is 1. The number of rotatable bonds is 20. The molecule has 0 radical (unpaired) electrons. The van der Waals surface area contributed by atoms with E-state index in [1.54, 1.807) is 64.7 Å². The first-order valence-corrected chi connectivity index (χ1v) is 17.1. The summed E-state index contributed by atoms with van der Waals surface area (Å²) < 4.78 is 14.3. The van der Waals surface area contributed by atoms with Crippen LogP contribution in [-0.2, 0) is 28.7 Å². The topological polar surface area (TPSA) is 214 Å². The van der Waals surface area contributed by atoms with Crippen molar-refractivity contribution in [3.8, 4) is 11.3 Å². The van der Waals surface area contributed by atoms with E-state index in [1.165, 1.54) is 0 Å². The number of amides is 2. The third-order valence-corrected chi connectivity index (χ3v) is 6.76. The van der Waals surface area contributed by atoms with E-state index in [9.17, 15) is 34.0 Å². The maximum Gasteiger partial charge on any atom is 0.233 e. The van der Waals surface area contributed by atoms with Crippen LogP contribution in [0.25, 0.3) is 11.3 Å². The summed E-state index contributed by atoms with van der Waals surface area (Å²) >= 11 is 0. The number of carbonyl (C=O) groups is 6. The Bertz CT molecular complexity index is 1120. The molecule has 298 valence electrons. The molecule has 0 aliphatic heterocycles. The van der Waals surface area contributed by atoms with Gasteiger partial charge in [-0.05, 0) is 52.9 Å². The number of unbranched alkanes of at least 4 members (excludes halogenated alkanes) is 2. The molecule has 1 heterocycles. The number of carbonyl (C=O) groups excluding carboxylic acids is 6. The Morgan fingerprint density at radius 1 is 0.885 bits per heavy atom. The van der Waals surface area contributed by atoms with Crippen LogP contribution in [0.2, 0.25) is 0 Å². The molecule has 3 atom stereocenters. The second-order valence-corrected chi connectivity index (χ2v) is 10.3. The van der Waals surface area contributed by atoms with Gasteiger partial charge in [0.25, 0.3) is 0 Å². The van der Waals surface area contributed by atoms with E-state index in [0.717, 1.165) is 57.7 Å². The Hall–Kier alpha value is -4.12. The molecule has 5 N–H and O–H groups in total. The molecule has 1 aromatic heterocycles. The zero-order valence-electron chi connectivity index (χ0n) is 32.5. The first kappa shape index (κ1) is 54.7. The number of ether oxygens (including phenoxy) is 2. The smallest absolute Gasteiger partial charge is 0.233 e. The van der Waals surface area contributed by atoms with Crippen LogP contribution in [-0.4, -0.2) is 120 Å². The second kappa shape index (κ2) is 41.3. The monoisotopic (exact) mass is 740 g/mol. The summed E-state index contributed by atoms with van der Waals surface area (Å²) in [6.07, 6.45) is 7.74. The van der Waals surface area contributed by atoms with E-state index in [0.29, 0.717) is 60.6 Å². The van der Waals surface area contributed by atoms with Gasteiger partial charge in [0.15, 0.2) is 12.0 Å². The predicted molar refractivity (Wildman–Crippen MR) is 201 cm³/mol. The molecule has 0 spiro atoms. The lowest BCUT2D eigenvalue weighted by atomic mass is 9.90. The summed E-state index contributed by atoms with van der Waals surface area (Å²) in [5.41, 5.74) is 1.45. The molecule has 15 heteroatoms. The van der Waals surface area contributed by atoms with Crippen molar-refractivity contribution < 1.29 is 53.0 Å². The van der Waals surface area contributed by atoms with Crippen LogP contribution in [0, 0.1) is 5.92 Å². The normalized spacial score (nSPS) is 11.1. The second-order valence-electron chi connectivity index (χ2n) is 10.3. The highest BCUT2D eigenvalue weighted by Crippen LogP contribution is 2.22. The lowest BCUT2D eigenvalue weighted by molar-refractivity contribution is -0.168. The summed E-state index contributed by atoms with van der Waals surface area (Å²) in [5.74, 6) is 0.414. The number of aldehydes is 4. The highest BCUT2D eigenvalue weighted by Gasteiger charge is 2.30. The molecule has 15 nitrogen and oxygen atoms in total. The number of nitrogens with one attached hydrogen (secondary N) is 3. The van der Waals surface area contributed by atoms with Crippen molar-refractivity contribution in [3.63, 3.8) is 0 Å². The van der Waals surface area contributed by atoms with Crippen LogP contribution >= 0.6 is 0 Å². The minimum Gasteiger partial charge on any atom is -0.453 e. The summed E-state index contributed by atoms with van der Waals surface area (Å²) in [5, 5.41) is 25.5. The molecule has 1 aromatic carbocycles. The van der Waals surface area contributed by atoms with Gasteiger partial charge in [0, 0.05) is 52.1 Å². The van der Waals surface area contributed by atoms with Crippen LogP contribution in [0.3, 0.4) is 0 Å². The Labute approximate surface area is 309 Å². The molecular formula is C37H64N4O11. The number of hydroxylamine groups is 2. The van der Waals surface area contributed by atoms with E-state index in [2.05, 4.69) is 32.3 Å². The average molecular weight is 741 g/mol. The Morgan fingerprint density at radius 3 is 1.81 bits per heavy atom. The van der Waals surface area contributed by atoms with Gasteiger partial charge in [-0.2, -0.15) is 0 Å². The summed E-state index contributed by atoms with van der Waals surface area (Å²) in [4.78, 5) is 63.3. The van der Waals surface area contributed by atoms with Crippen LogP contribution in [0.5, 0.6) is 0 Å². The molecule has 52 heavy (non-hydrogen) atoms.